The summed E-state index contributed by atoms with van der Waals surface area (Å²) >= 11 is 0. The molecule has 2 unspecified atom stereocenters. The van der Waals surface area contributed by atoms with Crippen LogP contribution < -0.4 is 9.47 Å². The zero-order chi connectivity index (χ0) is 19.0. The van der Waals surface area contributed by atoms with Crippen molar-refractivity contribution in [2.75, 3.05) is 26.3 Å². The Kier molecular flexibility index (Phi) is 4.47. The molecule has 4 rings (SSSR count). The number of piperidine rings is 1. The fraction of sp³-hybridized carbons (Fsp3) is 0.421. The van der Waals surface area contributed by atoms with E-state index in [0.717, 1.165) is 0 Å². The summed E-state index contributed by atoms with van der Waals surface area (Å²) in [7, 11) is 0. The predicted octanol–water partition coefficient (Wildman–Crippen LogP) is 2.30. The van der Waals surface area contributed by atoms with Crippen LogP contribution in [0.3, 0.4) is 0 Å². The molecule has 8 heteroatoms. The van der Waals surface area contributed by atoms with Crippen LogP contribution in [0.15, 0.2) is 29.0 Å². The molecule has 0 bridgehead atoms. The molecular weight excluding hydrogens is 352 g/mol. The molecule has 1 N–H and O–H groups in total. The first-order chi connectivity index (χ1) is 13.0. The van der Waals surface area contributed by atoms with Crippen molar-refractivity contribution >= 4 is 11.9 Å². The minimum Gasteiger partial charge on any atom is -0.486 e. The maximum absolute atomic E-state index is 13.0. The van der Waals surface area contributed by atoms with Crippen LogP contribution in [-0.2, 0) is 4.79 Å². The van der Waals surface area contributed by atoms with E-state index < -0.39 is 11.9 Å². The zero-order valence-electron chi connectivity index (χ0n) is 14.9. The highest BCUT2D eigenvalue weighted by Crippen LogP contribution is 2.36. The van der Waals surface area contributed by atoms with Crippen LogP contribution in [0.1, 0.15) is 23.8 Å². The number of aliphatic carboxylic acids is 1. The van der Waals surface area contributed by atoms with Gasteiger partial charge in [0.2, 0.25) is 0 Å². The van der Waals surface area contributed by atoms with Gasteiger partial charge in [-0.15, -0.1) is 0 Å². The topological polar surface area (TPSA) is 102 Å². The first-order valence-corrected chi connectivity index (χ1v) is 8.88. The summed E-state index contributed by atoms with van der Waals surface area (Å²) in [6.45, 7) is 3.57. The molecule has 1 saturated heterocycles. The van der Waals surface area contributed by atoms with Gasteiger partial charge < -0.3 is 23.9 Å². The summed E-state index contributed by atoms with van der Waals surface area (Å²) in [5.41, 5.74) is 0.824. The Morgan fingerprint density at radius 1 is 1.19 bits per heavy atom. The van der Waals surface area contributed by atoms with Crippen molar-refractivity contribution in [1.29, 1.82) is 0 Å². The molecule has 27 heavy (non-hydrogen) atoms. The number of fused-ring (bicyclic) bond motifs is 1. The second-order valence-electron chi connectivity index (χ2n) is 6.97. The molecule has 1 aromatic heterocycles. The van der Waals surface area contributed by atoms with Crippen LogP contribution in [0, 0.1) is 11.8 Å². The number of rotatable bonds is 3. The van der Waals surface area contributed by atoms with Gasteiger partial charge >= 0.3 is 5.97 Å². The van der Waals surface area contributed by atoms with E-state index in [2.05, 4.69) is 4.98 Å². The van der Waals surface area contributed by atoms with Gasteiger partial charge in [0.25, 0.3) is 5.91 Å². The highest BCUT2D eigenvalue weighted by atomic mass is 16.6. The maximum atomic E-state index is 13.0. The Hall–Kier alpha value is -3.03. The average Bonchev–Trinajstić information content (AvgIpc) is 3.16. The van der Waals surface area contributed by atoms with E-state index in [4.69, 9.17) is 13.9 Å². The quantitative estimate of drug-likeness (QED) is 0.882. The number of hydrogen-bond donors (Lipinski definition) is 1. The van der Waals surface area contributed by atoms with E-state index in [1.165, 1.54) is 6.39 Å². The third-order valence-electron chi connectivity index (χ3n) is 4.87. The third kappa shape index (κ3) is 3.34. The normalized spacial score (nSPS) is 21.7. The van der Waals surface area contributed by atoms with Crippen molar-refractivity contribution in [2.24, 2.45) is 11.8 Å². The lowest BCUT2D eigenvalue weighted by Gasteiger charge is -2.34. The maximum Gasteiger partial charge on any atom is 0.308 e. The van der Waals surface area contributed by atoms with Crippen molar-refractivity contribution in [3.8, 4) is 22.8 Å². The molecule has 2 aliphatic heterocycles. The zero-order valence-corrected chi connectivity index (χ0v) is 14.9. The van der Waals surface area contributed by atoms with E-state index in [9.17, 15) is 14.7 Å². The molecule has 0 radical (unpaired) electrons. The number of oxazole rings is 1. The highest BCUT2D eigenvalue weighted by molar-refractivity contribution is 5.98. The van der Waals surface area contributed by atoms with Crippen molar-refractivity contribution < 1.29 is 28.6 Å². The standard InChI is InChI=1S/C19H20N2O6/c1-11-6-13(19(23)24)9-21(8-11)18(22)16-17(27-10-20-16)12-2-3-14-15(7-12)26-5-4-25-14/h2-3,7,10-11,13H,4-6,8-9H2,1H3,(H,23,24). The van der Waals surface area contributed by atoms with E-state index in [1.807, 2.05) is 6.92 Å². The lowest BCUT2D eigenvalue weighted by molar-refractivity contribution is -0.143. The van der Waals surface area contributed by atoms with Crippen LogP contribution in [0.5, 0.6) is 11.5 Å². The van der Waals surface area contributed by atoms with Gasteiger partial charge in [-0.2, -0.15) is 0 Å². The second-order valence-corrected chi connectivity index (χ2v) is 6.97. The fourth-order valence-electron chi connectivity index (χ4n) is 3.63. The lowest BCUT2D eigenvalue weighted by atomic mass is 9.90. The molecule has 0 aliphatic carbocycles. The highest BCUT2D eigenvalue weighted by Gasteiger charge is 2.34. The number of carboxylic acid groups (broad SMARTS) is 1. The average molecular weight is 372 g/mol. The predicted molar refractivity (Wildman–Crippen MR) is 93.7 cm³/mol. The van der Waals surface area contributed by atoms with Gasteiger partial charge in [0, 0.05) is 18.7 Å². The van der Waals surface area contributed by atoms with E-state index in [0.29, 0.717) is 49.0 Å². The molecular formula is C19H20N2O6. The number of likely N-dealkylation sites (tertiary alicyclic amines) is 1. The molecule has 1 fully saturated rings. The Bertz CT molecular complexity index is 877. The molecule has 2 atom stereocenters. The smallest absolute Gasteiger partial charge is 0.308 e. The van der Waals surface area contributed by atoms with E-state index in [1.54, 1.807) is 23.1 Å². The number of aromatic nitrogens is 1. The number of hydrogen-bond acceptors (Lipinski definition) is 6. The Morgan fingerprint density at radius 2 is 1.96 bits per heavy atom. The summed E-state index contributed by atoms with van der Waals surface area (Å²) in [4.78, 5) is 30.0. The van der Waals surface area contributed by atoms with Crippen LogP contribution >= 0.6 is 0 Å². The minimum atomic E-state index is -0.883. The van der Waals surface area contributed by atoms with Crippen LogP contribution in [0.2, 0.25) is 0 Å². The largest absolute Gasteiger partial charge is 0.486 e. The third-order valence-corrected chi connectivity index (χ3v) is 4.87. The number of carbonyl (C=O) groups excluding carboxylic acids is 1. The van der Waals surface area contributed by atoms with Gasteiger partial charge in [0.05, 0.1) is 5.92 Å². The molecule has 1 aromatic carbocycles. The molecule has 3 heterocycles. The van der Waals surface area contributed by atoms with Crippen molar-refractivity contribution in [3.63, 3.8) is 0 Å². The Morgan fingerprint density at radius 3 is 2.74 bits per heavy atom. The number of benzene rings is 1. The summed E-state index contributed by atoms with van der Waals surface area (Å²) in [6.07, 6.45) is 1.79. The SMILES string of the molecule is CC1CC(C(=O)O)CN(C(=O)c2ncoc2-c2ccc3c(c2)OCCO3)C1. The van der Waals surface area contributed by atoms with E-state index >= 15 is 0 Å². The first-order valence-electron chi connectivity index (χ1n) is 8.88. The molecule has 2 aromatic rings. The summed E-state index contributed by atoms with van der Waals surface area (Å²) < 4.78 is 16.6. The van der Waals surface area contributed by atoms with Crippen LogP contribution in [0.4, 0.5) is 0 Å². The second kappa shape index (κ2) is 6.94. The first kappa shape index (κ1) is 17.4. The summed E-state index contributed by atoms with van der Waals surface area (Å²) in [5.74, 6) is -0.103. The number of ether oxygens (including phenoxy) is 2. The van der Waals surface area contributed by atoms with Crippen LogP contribution in [0.25, 0.3) is 11.3 Å². The fourth-order valence-corrected chi connectivity index (χ4v) is 3.63. The van der Waals surface area contributed by atoms with Crippen molar-refractivity contribution in [3.05, 3.63) is 30.3 Å². The van der Waals surface area contributed by atoms with Crippen molar-refractivity contribution in [1.82, 2.24) is 9.88 Å². The molecule has 0 spiro atoms. The minimum absolute atomic E-state index is 0.105. The summed E-state index contributed by atoms with van der Waals surface area (Å²) in [6, 6.07) is 5.30. The van der Waals surface area contributed by atoms with Gasteiger partial charge in [0.1, 0.15) is 13.2 Å². The monoisotopic (exact) mass is 372 g/mol. The number of carboxylic acids is 1. The molecule has 0 saturated carbocycles. The number of amides is 1. The number of carbonyl (C=O) groups is 2. The molecule has 1 amide bonds. The summed E-state index contributed by atoms with van der Waals surface area (Å²) in [5, 5.41) is 9.33. The molecule has 142 valence electrons. The Balaban J connectivity index is 1.62. The molecule has 2 aliphatic rings. The van der Waals surface area contributed by atoms with Gasteiger partial charge in [0.15, 0.2) is 29.3 Å². The van der Waals surface area contributed by atoms with Crippen LogP contribution in [-0.4, -0.2) is 53.2 Å². The lowest BCUT2D eigenvalue weighted by Crippen LogP contribution is -2.45. The van der Waals surface area contributed by atoms with Gasteiger partial charge in [-0.05, 0) is 30.5 Å². The molecule has 8 nitrogen and oxygen atoms in total. The van der Waals surface area contributed by atoms with E-state index in [-0.39, 0.29) is 24.1 Å². The Labute approximate surface area is 155 Å². The van der Waals surface area contributed by atoms with Gasteiger partial charge in [-0.25, -0.2) is 4.98 Å². The number of nitrogens with zero attached hydrogens (tertiary/aromatic N) is 2. The van der Waals surface area contributed by atoms with Gasteiger partial charge in [-0.1, -0.05) is 6.92 Å². The van der Waals surface area contributed by atoms with Gasteiger partial charge in [-0.3, -0.25) is 9.59 Å². The van der Waals surface area contributed by atoms with Crippen molar-refractivity contribution in [2.45, 2.75) is 13.3 Å².